The molecule has 0 aliphatic heterocycles. The molecule has 0 unspecified atom stereocenters. The molecule has 13 heteroatoms. The first-order valence-electron chi connectivity index (χ1n) is 5.77. The Morgan fingerprint density at radius 2 is 1.91 bits per heavy atom. The van der Waals surface area contributed by atoms with Crippen LogP contribution in [-0.2, 0) is 11.1 Å². The van der Waals surface area contributed by atoms with Crippen molar-refractivity contribution in [2.45, 2.75) is 19.0 Å². The molecule has 2 heterocycles. The maximum Gasteiger partial charge on any atom is 1.00 e. The minimum atomic E-state index is -4.61. The quantitative estimate of drug-likeness (QED) is 0.349. The zero-order chi connectivity index (χ0) is 14.9. The molecule has 22 heavy (non-hydrogen) atoms. The fourth-order valence-corrected chi connectivity index (χ4v) is 2.59. The zero-order valence-electron chi connectivity index (χ0n) is 12.5. The summed E-state index contributed by atoms with van der Waals surface area (Å²) < 4.78 is 12.3. The number of rotatable bonds is 5. The summed E-state index contributed by atoms with van der Waals surface area (Å²) in [4.78, 5) is 33.1. The predicted molar refractivity (Wildman–Crippen MR) is 69.2 cm³/mol. The van der Waals surface area contributed by atoms with Gasteiger partial charge in [-0.3, -0.25) is 0 Å². The number of aryl methyl sites for hydroxylation is 1. The number of anilines is 2. The van der Waals surface area contributed by atoms with E-state index in [9.17, 15) is 14.4 Å². The molecule has 1 atom stereocenters. The molecule has 0 radical (unpaired) electrons. The first-order chi connectivity index (χ1) is 9.26. The van der Waals surface area contributed by atoms with Crippen LogP contribution in [0.5, 0.6) is 0 Å². The Morgan fingerprint density at radius 3 is 2.50 bits per heavy atom. The van der Waals surface area contributed by atoms with Crippen molar-refractivity contribution in [1.82, 2.24) is 19.5 Å². The van der Waals surface area contributed by atoms with Gasteiger partial charge in [0.2, 0.25) is 5.95 Å². The van der Waals surface area contributed by atoms with Gasteiger partial charge in [-0.25, -0.2) is 4.98 Å². The molecule has 110 valence electrons. The second kappa shape index (κ2) is 8.93. The van der Waals surface area contributed by atoms with E-state index in [1.54, 1.807) is 4.57 Å². The van der Waals surface area contributed by atoms with Crippen LogP contribution in [0.15, 0.2) is 6.33 Å². The van der Waals surface area contributed by atoms with Gasteiger partial charge in [0, 0.05) is 12.6 Å². The Bertz CT molecular complexity index is 677. The van der Waals surface area contributed by atoms with E-state index >= 15 is 0 Å². The molecule has 0 aliphatic rings. The molecule has 0 spiro atoms. The summed E-state index contributed by atoms with van der Waals surface area (Å²) >= 11 is 0. The van der Waals surface area contributed by atoms with Crippen LogP contribution in [-0.4, -0.2) is 31.7 Å². The van der Waals surface area contributed by atoms with Crippen LogP contribution in [0.25, 0.3) is 11.2 Å². The number of fused-ring (bicyclic) bond motifs is 1. The molecule has 0 saturated heterocycles. The summed E-state index contributed by atoms with van der Waals surface area (Å²) in [7, 11) is -4.61. The van der Waals surface area contributed by atoms with Crippen molar-refractivity contribution in [3.8, 4) is 0 Å². The van der Waals surface area contributed by atoms with E-state index in [-0.39, 0.29) is 77.3 Å². The van der Waals surface area contributed by atoms with Crippen molar-refractivity contribution in [3.63, 3.8) is 0 Å². The summed E-state index contributed by atoms with van der Waals surface area (Å²) in [6, 6.07) is -0.746. The molecule has 0 saturated carbocycles. The Labute approximate surface area is 171 Å². The first-order valence-corrected chi connectivity index (χ1v) is 7.49. The van der Waals surface area contributed by atoms with Gasteiger partial charge in [0.15, 0.2) is 11.5 Å². The van der Waals surface area contributed by atoms with Gasteiger partial charge < -0.3 is 36.1 Å². The third-order valence-electron chi connectivity index (χ3n) is 2.71. The Hall–Kier alpha value is 0.260. The fraction of sp³-hybridized carbons (Fsp3) is 0.444. The van der Waals surface area contributed by atoms with E-state index < -0.39 is 19.8 Å². The minimum Gasteiger partial charge on any atom is -0.811 e. The minimum absolute atomic E-state index is 0. The fourth-order valence-electron chi connectivity index (χ4n) is 1.83. The smallest absolute Gasteiger partial charge is 0.811 e. The molecule has 10 nitrogen and oxygen atoms in total. The second-order valence-corrected chi connectivity index (χ2v) is 6.01. The number of hydrogen-bond acceptors (Lipinski definition) is 9. The van der Waals surface area contributed by atoms with Crippen LogP contribution in [0.1, 0.15) is 6.42 Å². The SMILES string of the molecule is Nc1nc(N)c2ncn(CC[C@H](N)CP(=O)([O-])[O-])c2n1.[Na+].[Na+]. The number of aromatic nitrogens is 4. The maximum atomic E-state index is 10.6. The van der Waals surface area contributed by atoms with Crippen molar-refractivity contribution >= 4 is 30.5 Å². The molecule has 0 aromatic carbocycles. The molecule has 2 aromatic heterocycles. The van der Waals surface area contributed by atoms with Gasteiger partial charge in [0.1, 0.15) is 5.52 Å². The molecule has 6 N–H and O–H groups in total. The van der Waals surface area contributed by atoms with E-state index in [2.05, 4.69) is 15.0 Å². The van der Waals surface area contributed by atoms with Crippen LogP contribution >= 0.6 is 7.60 Å². The maximum absolute atomic E-state index is 10.6. The van der Waals surface area contributed by atoms with Crippen LogP contribution in [0.2, 0.25) is 0 Å². The van der Waals surface area contributed by atoms with Crippen molar-refractivity contribution < 1.29 is 73.5 Å². The summed E-state index contributed by atoms with van der Waals surface area (Å²) in [6.07, 6.45) is 1.18. The van der Waals surface area contributed by atoms with E-state index in [0.29, 0.717) is 17.7 Å². The predicted octanol–water partition coefficient (Wildman–Crippen LogP) is -8.37. The number of nitrogens with two attached hydrogens (primary N) is 3. The largest absolute Gasteiger partial charge is 1.00 e. The van der Waals surface area contributed by atoms with Crippen LogP contribution < -0.4 is 86.1 Å². The Kier molecular flexibility index (Phi) is 9.04. The van der Waals surface area contributed by atoms with Gasteiger partial charge in [-0.05, 0) is 12.6 Å². The number of imidazole rings is 1. The molecular weight excluding hydrogens is 331 g/mol. The van der Waals surface area contributed by atoms with Gasteiger partial charge in [-0.2, -0.15) is 9.97 Å². The number of hydrogen-bond donors (Lipinski definition) is 3. The van der Waals surface area contributed by atoms with Crippen molar-refractivity contribution in [3.05, 3.63) is 6.33 Å². The standard InChI is InChI=1S/C9H16N7O3P.2Na/c10-5(3-20(17,18)19)1-2-16-4-13-6-7(11)14-9(12)15-8(6)16;;/h4-5H,1-3,10H2,(H2,17,18,19)(H4,11,12,14,15);;/q;2*+1/p-2/t5-;;/m0../s1. The summed E-state index contributed by atoms with van der Waals surface area (Å²) in [5.41, 5.74) is 17.6. The first kappa shape index (κ1) is 22.3. The molecular formula is C9H14N7Na2O3P. The summed E-state index contributed by atoms with van der Waals surface area (Å²) in [5, 5.41) is 0. The number of nitrogen functional groups attached to an aromatic ring is 2. The van der Waals surface area contributed by atoms with Crippen molar-refractivity contribution in [1.29, 1.82) is 0 Å². The molecule has 0 fully saturated rings. The average Bonchev–Trinajstić information content (AvgIpc) is 2.67. The molecule has 0 amide bonds. The third-order valence-corrected chi connectivity index (χ3v) is 3.62. The van der Waals surface area contributed by atoms with Crippen LogP contribution in [0.3, 0.4) is 0 Å². The van der Waals surface area contributed by atoms with Gasteiger partial charge in [-0.15, -0.1) is 0 Å². The topological polar surface area (TPSA) is 185 Å². The molecule has 2 aromatic rings. The Balaban J connectivity index is 0.00000220. The Morgan fingerprint density at radius 1 is 1.27 bits per heavy atom. The van der Waals surface area contributed by atoms with E-state index in [1.807, 2.05) is 0 Å². The van der Waals surface area contributed by atoms with Gasteiger partial charge in [0.25, 0.3) is 0 Å². The molecule has 0 bridgehead atoms. The van der Waals surface area contributed by atoms with E-state index in [0.717, 1.165) is 0 Å². The third kappa shape index (κ3) is 6.04. The van der Waals surface area contributed by atoms with Crippen molar-refractivity contribution in [2.75, 3.05) is 17.6 Å². The van der Waals surface area contributed by atoms with Gasteiger partial charge in [-0.1, -0.05) is 7.60 Å². The van der Waals surface area contributed by atoms with Gasteiger partial charge >= 0.3 is 59.1 Å². The van der Waals surface area contributed by atoms with Crippen LogP contribution in [0.4, 0.5) is 11.8 Å². The van der Waals surface area contributed by atoms with Gasteiger partial charge in [0.05, 0.1) is 6.33 Å². The van der Waals surface area contributed by atoms with Crippen LogP contribution in [0, 0.1) is 0 Å². The second-order valence-electron chi connectivity index (χ2n) is 4.42. The summed E-state index contributed by atoms with van der Waals surface area (Å²) in [5.74, 6) is 0.184. The van der Waals surface area contributed by atoms with E-state index in [4.69, 9.17) is 17.2 Å². The van der Waals surface area contributed by atoms with E-state index in [1.165, 1.54) is 6.33 Å². The monoisotopic (exact) mass is 345 g/mol. The molecule has 0 aliphatic carbocycles. The average molecular weight is 345 g/mol. The zero-order valence-corrected chi connectivity index (χ0v) is 17.4. The summed E-state index contributed by atoms with van der Waals surface area (Å²) in [6.45, 7) is 0.341. The van der Waals surface area contributed by atoms with Crippen molar-refractivity contribution in [2.24, 2.45) is 5.73 Å². The number of nitrogens with zero attached hydrogens (tertiary/aromatic N) is 4. The molecule has 2 rings (SSSR count). The normalized spacial score (nSPS) is 12.5.